The van der Waals surface area contributed by atoms with Gasteiger partial charge in [-0.05, 0) is 49.4 Å². The van der Waals surface area contributed by atoms with Gasteiger partial charge >= 0.3 is 12.2 Å². The average molecular weight is 365 g/mol. The predicted molar refractivity (Wildman–Crippen MR) is 94.7 cm³/mol. The fourth-order valence-corrected chi connectivity index (χ4v) is 2.08. The van der Waals surface area contributed by atoms with E-state index in [4.69, 9.17) is 21.1 Å². The molecule has 0 aliphatic carbocycles. The third-order valence-corrected chi connectivity index (χ3v) is 3.22. The summed E-state index contributed by atoms with van der Waals surface area (Å²) >= 11 is 5.92. The zero-order valence-electron chi connectivity index (χ0n) is 13.7. The van der Waals surface area contributed by atoms with Crippen molar-refractivity contribution < 1.29 is 23.8 Å². The topological polar surface area (TPSA) is 85.9 Å². The Labute approximate surface area is 149 Å². The molecular weight excluding hydrogens is 348 g/mol. The van der Waals surface area contributed by atoms with Crippen molar-refractivity contribution in [3.8, 4) is 11.5 Å². The second-order valence-corrected chi connectivity index (χ2v) is 5.17. The summed E-state index contributed by atoms with van der Waals surface area (Å²) in [6, 6.07) is 10.7. The number of halogens is 1. The first-order valence-corrected chi connectivity index (χ1v) is 7.76. The number of ether oxygens (including phenoxy) is 3. The lowest BCUT2D eigenvalue weighted by Gasteiger charge is -2.12. The summed E-state index contributed by atoms with van der Waals surface area (Å²) in [6.45, 7) is 1.91. The van der Waals surface area contributed by atoms with Gasteiger partial charge in [-0.25, -0.2) is 9.59 Å². The molecule has 2 aromatic rings. The van der Waals surface area contributed by atoms with Crippen LogP contribution in [0.4, 0.5) is 21.0 Å². The standard InChI is InChI=1S/C17H17ClN2O5/c1-3-24-17(22)25-13-7-5-12(6-8-13)19-16(21)20-14-10-11(18)4-9-15(14)23-2/h4-10H,3H2,1-2H3,(H2,19,20,21). The fourth-order valence-electron chi connectivity index (χ4n) is 1.91. The molecule has 0 heterocycles. The van der Waals surface area contributed by atoms with Crippen LogP contribution >= 0.6 is 11.6 Å². The number of carbonyl (C=O) groups is 2. The average Bonchev–Trinajstić information content (AvgIpc) is 2.57. The third kappa shape index (κ3) is 5.58. The molecule has 0 aromatic heterocycles. The summed E-state index contributed by atoms with van der Waals surface area (Å²) in [4.78, 5) is 23.3. The van der Waals surface area contributed by atoms with Crippen LogP contribution in [-0.4, -0.2) is 25.9 Å². The number of rotatable bonds is 5. The SMILES string of the molecule is CCOC(=O)Oc1ccc(NC(=O)Nc2cc(Cl)ccc2OC)cc1. The Morgan fingerprint density at radius 3 is 2.44 bits per heavy atom. The maximum atomic E-state index is 12.1. The number of amides is 2. The van der Waals surface area contributed by atoms with Crippen LogP contribution in [0.3, 0.4) is 0 Å². The van der Waals surface area contributed by atoms with Crippen molar-refractivity contribution in [2.45, 2.75) is 6.92 Å². The zero-order chi connectivity index (χ0) is 18.2. The van der Waals surface area contributed by atoms with Crippen molar-refractivity contribution in [3.63, 3.8) is 0 Å². The second kappa shape index (κ2) is 8.79. The van der Waals surface area contributed by atoms with Crippen LogP contribution in [-0.2, 0) is 4.74 Å². The van der Waals surface area contributed by atoms with E-state index in [1.807, 2.05) is 0 Å². The molecule has 8 heteroatoms. The number of hydrogen-bond acceptors (Lipinski definition) is 5. The summed E-state index contributed by atoms with van der Waals surface area (Å²) in [5.41, 5.74) is 0.949. The third-order valence-electron chi connectivity index (χ3n) is 2.99. The van der Waals surface area contributed by atoms with Gasteiger partial charge in [0.2, 0.25) is 0 Å². The molecule has 25 heavy (non-hydrogen) atoms. The van der Waals surface area contributed by atoms with Crippen LogP contribution in [0.15, 0.2) is 42.5 Å². The van der Waals surface area contributed by atoms with Gasteiger partial charge in [0.25, 0.3) is 0 Å². The molecule has 132 valence electrons. The van der Waals surface area contributed by atoms with Gasteiger partial charge in [0.05, 0.1) is 19.4 Å². The molecular formula is C17H17ClN2O5. The van der Waals surface area contributed by atoms with Gasteiger partial charge in [0, 0.05) is 10.7 Å². The van der Waals surface area contributed by atoms with Crippen molar-refractivity contribution in [3.05, 3.63) is 47.5 Å². The molecule has 0 fully saturated rings. The molecule has 0 aliphatic rings. The Hall–Kier alpha value is -2.93. The number of nitrogens with one attached hydrogen (secondary N) is 2. The van der Waals surface area contributed by atoms with E-state index in [2.05, 4.69) is 15.4 Å². The molecule has 0 unspecified atom stereocenters. The Bertz CT molecular complexity index is 749. The highest BCUT2D eigenvalue weighted by Crippen LogP contribution is 2.27. The van der Waals surface area contributed by atoms with E-state index < -0.39 is 12.2 Å². The van der Waals surface area contributed by atoms with Gasteiger partial charge in [0.1, 0.15) is 11.5 Å². The predicted octanol–water partition coefficient (Wildman–Crippen LogP) is 4.53. The highest BCUT2D eigenvalue weighted by atomic mass is 35.5. The zero-order valence-corrected chi connectivity index (χ0v) is 14.4. The molecule has 0 saturated carbocycles. The molecule has 2 amide bonds. The summed E-state index contributed by atoms with van der Waals surface area (Å²) in [5, 5.41) is 5.76. The largest absolute Gasteiger partial charge is 0.513 e. The summed E-state index contributed by atoms with van der Waals surface area (Å²) < 4.78 is 14.8. The molecule has 2 aromatic carbocycles. The maximum absolute atomic E-state index is 12.1. The molecule has 0 radical (unpaired) electrons. The van der Waals surface area contributed by atoms with E-state index in [9.17, 15) is 9.59 Å². The molecule has 0 aliphatic heterocycles. The first-order valence-electron chi connectivity index (χ1n) is 7.38. The van der Waals surface area contributed by atoms with Crippen LogP contribution in [0.25, 0.3) is 0 Å². The Morgan fingerprint density at radius 1 is 1.08 bits per heavy atom. The van der Waals surface area contributed by atoms with E-state index in [1.165, 1.54) is 19.2 Å². The first-order chi connectivity index (χ1) is 12.0. The number of benzene rings is 2. The molecule has 0 bridgehead atoms. The van der Waals surface area contributed by atoms with E-state index in [0.717, 1.165) is 0 Å². The van der Waals surface area contributed by atoms with E-state index in [-0.39, 0.29) is 6.61 Å². The Kier molecular flexibility index (Phi) is 6.47. The second-order valence-electron chi connectivity index (χ2n) is 4.73. The molecule has 7 nitrogen and oxygen atoms in total. The van der Waals surface area contributed by atoms with Crippen LogP contribution < -0.4 is 20.1 Å². The molecule has 0 atom stereocenters. The van der Waals surface area contributed by atoms with E-state index in [0.29, 0.717) is 27.9 Å². The summed E-state index contributed by atoms with van der Waals surface area (Å²) in [5.74, 6) is 0.790. The number of hydrogen-bond donors (Lipinski definition) is 2. The van der Waals surface area contributed by atoms with Crippen LogP contribution in [0.1, 0.15) is 6.92 Å². The number of carbonyl (C=O) groups excluding carboxylic acids is 2. The van der Waals surface area contributed by atoms with Crippen molar-refractivity contribution in [2.24, 2.45) is 0 Å². The normalized spacial score (nSPS) is 9.88. The van der Waals surface area contributed by atoms with Gasteiger partial charge < -0.3 is 24.8 Å². The molecule has 2 rings (SSSR count). The van der Waals surface area contributed by atoms with Gasteiger partial charge in [-0.2, -0.15) is 0 Å². The number of anilines is 2. The lowest BCUT2D eigenvalue weighted by molar-refractivity contribution is 0.104. The fraction of sp³-hybridized carbons (Fsp3) is 0.176. The van der Waals surface area contributed by atoms with E-state index >= 15 is 0 Å². The smallest absolute Gasteiger partial charge is 0.495 e. The quantitative estimate of drug-likeness (QED) is 0.601. The minimum absolute atomic E-state index is 0.228. The van der Waals surface area contributed by atoms with Gasteiger partial charge in [0.15, 0.2) is 0 Å². The van der Waals surface area contributed by atoms with Crippen molar-refractivity contribution in [1.82, 2.24) is 0 Å². The monoisotopic (exact) mass is 364 g/mol. The summed E-state index contributed by atoms with van der Waals surface area (Å²) in [6.07, 6.45) is -0.783. The highest BCUT2D eigenvalue weighted by molar-refractivity contribution is 6.31. The number of methoxy groups -OCH3 is 1. The minimum Gasteiger partial charge on any atom is -0.495 e. The van der Waals surface area contributed by atoms with Crippen LogP contribution in [0.2, 0.25) is 5.02 Å². The van der Waals surface area contributed by atoms with Crippen molar-refractivity contribution in [1.29, 1.82) is 0 Å². The molecule has 0 saturated heterocycles. The van der Waals surface area contributed by atoms with Crippen molar-refractivity contribution >= 4 is 35.2 Å². The molecule has 0 spiro atoms. The minimum atomic E-state index is -0.783. The van der Waals surface area contributed by atoms with E-state index in [1.54, 1.807) is 37.3 Å². The Balaban J connectivity index is 1.97. The molecule has 2 N–H and O–H groups in total. The highest BCUT2D eigenvalue weighted by Gasteiger charge is 2.09. The van der Waals surface area contributed by atoms with Crippen molar-refractivity contribution in [2.75, 3.05) is 24.4 Å². The van der Waals surface area contributed by atoms with Crippen LogP contribution in [0, 0.1) is 0 Å². The Morgan fingerprint density at radius 2 is 1.80 bits per heavy atom. The number of urea groups is 1. The van der Waals surface area contributed by atoms with Gasteiger partial charge in [-0.3, -0.25) is 0 Å². The maximum Gasteiger partial charge on any atom is 0.513 e. The summed E-state index contributed by atoms with van der Waals surface area (Å²) in [7, 11) is 1.49. The van der Waals surface area contributed by atoms with Crippen LogP contribution in [0.5, 0.6) is 11.5 Å². The van der Waals surface area contributed by atoms with Gasteiger partial charge in [-0.1, -0.05) is 11.6 Å². The first kappa shape index (κ1) is 18.4. The lowest BCUT2D eigenvalue weighted by atomic mass is 10.3. The lowest BCUT2D eigenvalue weighted by Crippen LogP contribution is -2.19. The van der Waals surface area contributed by atoms with Gasteiger partial charge in [-0.15, -0.1) is 0 Å².